The first kappa shape index (κ1) is 78.8. The minimum Gasteiger partial charge on any atom is -0.456 e. The second-order valence-electron chi connectivity index (χ2n) is 33.9. The summed E-state index contributed by atoms with van der Waals surface area (Å²) in [4.78, 5) is 45.0. The van der Waals surface area contributed by atoms with Gasteiger partial charge in [-0.15, -0.1) is 0 Å². The van der Waals surface area contributed by atoms with Crippen molar-refractivity contribution < 1.29 is 13.3 Å². The predicted octanol–water partition coefficient (Wildman–Crippen LogP) is 32.2. The van der Waals surface area contributed by atoms with Crippen LogP contribution in [-0.4, -0.2) is 44.9 Å². The van der Waals surface area contributed by atoms with E-state index in [1.54, 1.807) is 0 Å². The summed E-state index contributed by atoms with van der Waals surface area (Å²) >= 11 is 0. The summed E-state index contributed by atoms with van der Waals surface area (Å²) in [5.74, 6) is 5.57. The first-order valence-corrected chi connectivity index (χ1v) is 45.1. The molecule has 6 heterocycles. The molecule has 0 amide bonds. The standard InChI is InChI=1S/C49H31N3O.C39H23N3O.C35H21N3O/c1-4-13-32(14-5-1)39-27-40(33-15-6-2-7-16-33)29-41(28-39)34-23-25-36(26-24-34)48-50-47(35-17-8-3-9-18-35)51-49(52-48)43-22-12-21-42-44-30-37-19-10-11-20-38(37)31-45(44)53-46(42)43;1-2-9-25(10-3-1)37-40-38(29-16-18-32-28(20-29)15-14-24-8-6-7-13-31(24)32)42-39(41-37)30-17-19-35-33(22-30)34-21-26-11-4-5-12-27(26)23-36(34)43-35;1-2-10-23(11-3-1)33-36-34(38-35(37-33)29-16-8-14-22-9-6-7-15-27(22)29)26-17-18-28-30-19-24-12-4-5-13-25(24)20-32(30)39-31(28)21-26/h1-31H;1-23H;1-21H. The molecular weight excluding hydrogens is 1650 g/mol. The van der Waals surface area contributed by atoms with Crippen LogP contribution in [0.2, 0.25) is 0 Å². The van der Waals surface area contributed by atoms with Gasteiger partial charge in [-0.25, -0.2) is 44.9 Å². The number of para-hydroxylation sites is 1. The van der Waals surface area contributed by atoms with E-state index < -0.39 is 0 Å². The molecule has 0 fully saturated rings. The second kappa shape index (κ2) is 33.6. The van der Waals surface area contributed by atoms with Crippen LogP contribution in [0.5, 0.6) is 0 Å². The molecule has 0 saturated carbocycles. The number of hydrogen-bond donors (Lipinski definition) is 0. The highest BCUT2D eigenvalue weighted by Gasteiger charge is 2.23. The molecule has 6 aromatic heterocycles. The van der Waals surface area contributed by atoms with Crippen LogP contribution < -0.4 is 0 Å². The Labute approximate surface area is 774 Å². The van der Waals surface area contributed by atoms with Crippen molar-refractivity contribution >= 4 is 130 Å². The lowest BCUT2D eigenvalue weighted by Crippen LogP contribution is -2.00. The molecule has 27 aromatic rings. The molecule has 0 N–H and O–H groups in total. The molecule has 12 nitrogen and oxygen atoms in total. The molecule has 135 heavy (non-hydrogen) atoms. The van der Waals surface area contributed by atoms with Crippen molar-refractivity contribution in [3.8, 4) is 136 Å². The lowest BCUT2D eigenvalue weighted by Gasteiger charge is -2.12. The molecule has 0 unspecified atom stereocenters. The highest BCUT2D eigenvalue weighted by Crippen LogP contribution is 2.43. The van der Waals surface area contributed by atoms with E-state index in [1.165, 1.54) is 54.6 Å². The van der Waals surface area contributed by atoms with Crippen molar-refractivity contribution in [1.29, 1.82) is 0 Å². The summed E-state index contributed by atoms with van der Waals surface area (Å²) in [5, 5.41) is 20.5. The zero-order chi connectivity index (χ0) is 89.2. The SMILES string of the molecule is c1ccc(-c2cc(-c3ccccc3)cc(-c3ccc(-c4nc(-c5ccccc5)nc(-c5cccc6c5oc5cc7ccccc7cc56)n4)cc3)c2)cc1.c1ccc(-c2nc(-c3ccc4c(c3)oc3cc5ccccc5cc34)nc(-c3cccc4ccccc34)n2)cc1.c1ccc(-c2nc(-c3ccc4c(ccc5ccccc54)c3)nc(-c3ccc4oc5cc6ccccc6cc5c4c3)n2)cc1. The summed E-state index contributed by atoms with van der Waals surface area (Å²) in [6, 6.07) is 157. The minimum absolute atomic E-state index is 0.565. The number of hydrogen-bond acceptors (Lipinski definition) is 12. The molecule has 12 heteroatoms. The largest absolute Gasteiger partial charge is 0.456 e. The monoisotopic (exact) mass is 1730 g/mol. The Morgan fingerprint density at radius 2 is 0.407 bits per heavy atom. The van der Waals surface area contributed by atoms with Crippen LogP contribution >= 0.6 is 0 Å². The predicted molar refractivity (Wildman–Crippen MR) is 552 cm³/mol. The van der Waals surface area contributed by atoms with Gasteiger partial charge >= 0.3 is 0 Å². The first-order chi connectivity index (χ1) is 66.8. The molecule has 0 aliphatic carbocycles. The fourth-order valence-corrected chi connectivity index (χ4v) is 18.7. The molecule has 0 saturated heterocycles. The number of nitrogens with zero attached hydrogens (tertiary/aromatic N) is 9. The fourth-order valence-electron chi connectivity index (χ4n) is 18.7. The summed E-state index contributed by atoms with van der Waals surface area (Å²) < 4.78 is 19.2. The molecule has 0 atom stereocenters. The maximum atomic E-state index is 6.58. The summed E-state index contributed by atoms with van der Waals surface area (Å²) in [5.41, 5.74) is 20.2. The van der Waals surface area contributed by atoms with E-state index in [1.807, 2.05) is 140 Å². The molecule has 27 rings (SSSR count). The van der Waals surface area contributed by atoms with Crippen molar-refractivity contribution in [2.24, 2.45) is 0 Å². The Morgan fingerprint density at radius 1 is 0.119 bits per heavy atom. The van der Waals surface area contributed by atoms with Crippen LogP contribution in [-0.2, 0) is 0 Å². The number of rotatable bonds is 12. The molecule has 630 valence electrons. The summed E-state index contributed by atoms with van der Waals surface area (Å²) in [7, 11) is 0. The molecule has 0 bridgehead atoms. The number of fused-ring (bicyclic) bond motifs is 16. The zero-order valence-electron chi connectivity index (χ0n) is 72.6. The molecular formula is C123H75N9O3. The Bertz CT molecular complexity index is 9250. The molecule has 0 spiro atoms. The van der Waals surface area contributed by atoms with Gasteiger partial charge in [-0.1, -0.05) is 358 Å². The summed E-state index contributed by atoms with van der Waals surface area (Å²) in [6.07, 6.45) is 0. The van der Waals surface area contributed by atoms with Crippen molar-refractivity contribution in [3.05, 3.63) is 455 Å². The van der Waals surface area contributed by atoms with Crippen LogP contribution in [0.4, 0.5) is 0 Å². The maximum Gasteiger partial charge on any atom is 0.167 e. The molecule has 21 aromatic carbocycles. The van der Waals surface area contributed by atoms with Crippen LogP contribution in [0.3, 0.4) is 0 Å². The Kier molecular flexibility index (Phi) is 19.6. The lowest BCUT2D eigenvalue weighted by molar-refractivity contribution is 0.669. The Hall–Kier alpha value is -18.4. The van der Waals surface area contributed by atoms with Crippen LogP contribution in [0, 0.1) is 0 Å². The minimum atomic E-state index is 0.565. The highest BCUT2D eigenvalue weighted by molar-refractivity contribution is 6.15. The molecule has 0 aliphatic heterocycles. The van der Waals surface area contributed by atoms with Crippen molar-refractivity contribution in [1.82, 2.24) is 44.9 Å². The van der Waals surface area contributed by atoms with Gasteiger partial charge in [0.2, 0.25) is 0 Å². The average Bonchev–Trinajstić information content (AvgIpc) is 1.67. The van der Waals surface area contributed by atoms with Crippen LogP contribution in [0.15, 0.2) is 468 Å². The highest BCUT2D eigenvalue weighted by atomic mass is 16.3. The van der Waals surface area contributed by atoms with E-state index in [-0.39, 0.29) is 0 Å². The van der Waals surface area contributed by atoms with E-state index in [9.17, 15) is 0 Å². The third-order valence-electron chi connectivity index (χ3n) is 25.5. The number of aromatic nitrogens is 9. The van der Waals surface area contributed by atoms with E-state index >= 15 is 0 Å². The van der Waals surface area contributed by atoms with Gasteiger partial charge in [0.05, 0.1) is 5.56 Å². The lowest BCUT2D eigenvalue weighted by atomic mass is 9.93. The van der Waals surface area contributed by atoms with Gasteiger partial charge in [0.15, 0.2) is 52.4 Å². The fraction of sp³-hybridized carbons (Fsp3) is 0. The smallest absolute Gasteiger partial charge is 0.167 e. The van der Waals surface area contributed by atoms with E-state index in [0.29, 0.717) is 52.4 Å². The number of furan rings is 3. The first-order valence-electron chi connectivity index (χ1n) is 45.1. The molecule has 0 aliphatic rings. The van der Waals surface area contributed by atoms with E-state index in [2.05, 4.69) is 315 Å². The van der Waals surface area contributed by atoms with Gasteiger partial charge in [0, 0.05) is 76.8 Å². The van der Waals surface area contributed by atoms with Crippen LogP contribution in [0.1, 0.15) is 0 Å². The topological polar surface area (TPSA) is 155 Å². The van der Waals surface area contributed by atoms with Gasteiger partial charge in [-0.2, -0.15) is 0 Å². The Balaban J connectivity index is 0.000000109. The van der Waals surface area contributed by atoms with Crippen molar-refractivity contribution in [2.45, 2.75) is 0 Å². The van der Waals surface area contributed by atoms with Gasteiger partial charge in [0.25, 0.3) is 0 Å². The van der Waals surface area contributed by atoms with Crippen LogP contribution in [0.25, 0.3) is 266 Å². The van der Waals surface area contributed by atoms with Gasteiger partial charge < -0.3 is 13.3 Å². The third kappa shape index (κ3) is 15.1. The average molecular weight is 1730 g/mol. The quantitative estimate of drug-likeness (QED) is 0.107. The van der Waals surface area contributed by atoms with Gasteiger partial charge in [-0.3, -0.25) is 0 Å². The normalized spacial score (nSPS) is 11.6. The van der Waals surface area contributed by atoms with Gasteiger partial charge in [0.1, 0.15) is 33.5 Å². The third-order valence-corrected chi connectivity index (χ3v) is 25.5. The maximum absolute atomic E-state index is 6.58. The Morgan fingerprint density at radius 3 is 0.919 bits per heavy atom. The number of benzene rings is 21. The second-order valence-corrected chi connectivity index (χ2v) is 33.9. The summed E-state index contributed by atoms with van der Waals surface area (Å²) in [6.45, 7) is 0. The molecule has 0 radical (unpaired) electrons. The van der Waals surface area contributed by atoms with Crippen molar-refractivity contribution in [3.63, 3.8) is 0 Å². The van der Waals surface area contributed by atoms with Gasteiger partial charge in [-0.05, 0) is 195 Å². The van der Waals surface area contributed by atoms with E-state index in [4.69, 9.17) is 58.1 Å². The van der Waals surface area contributed by atoms with E-state index in [0.717, 1.165) is 159 Å². The van der Waals surface area contributed by atoms with Crippen molar-refractivity contribution in [2.75, 3.05) is 0 Å². The zero-order valence-corrected chi connectivity index (χ0v) is 72.6.